The summed E-state index contributed by atoms with van der Waals surface area (Å²) in [6.07, 6.45) is 0. The van der Waals surface area contributed by atoms with E-state index >= 15 is 0 Å². The van der Waals surface area contributed by atoms with Gasteiger partial charge in [-0.05, 0) is 29.8 Å². The lowest BCUT2D eigenvalue weighted by Crippen LogP contribution is -2.24. The van der Waals surface area contributed by atoms with Crippen molar-refractivity contribution in [3.63, 3.8) is 0 Å². The van der Waals surface area contributed by atoms with E-state index in [1.54, 1.807) is 7.11 Å². The third-order valence-electron chi connectivity index (χ3n) is 3.85. The van der Waals surface area contributed by atoms with Crippen LogP contribution >= 0.6 is 11.8 Å². The number of thioether (sulfide) groups is 1. The highest BCUT2D eigenvalue weighted by atomic mass is 32.2. The molecule has 0 aliphatic rings. The minimum atomic E-state index is -0.0344. The van der Waals surface area contributed by atoms with Crippen LogP contribution in [-0.4, -0.2) is 33.5 Å². The molecule has 0 bridgehead atoms. The number of carbonyl (C=O) groups is 1. The van der Waals surface area contributed by atoms with Crippen LogP contribution in [-0.2, 0) is 18.4 Å². The summed E-state index contributed by atoms with van der Waals surface area (Å²) >= 11 is 1.37. The highest BCUT2D eigenvalue weighted by Gasteiger charge is 2.13. The highest BCUT2D eigenvalue weighted by molar-refractivity contribution is 7.99. The molecule has 0 saturated carbocycles. The molecular formula is C19H20N4O2S. The average molecular weight is 368 g/mol. The molecule has 3 rings (SSSR count). The summed E-state index contributed by atoms with van der Waals surface area (Å²) in [7, 11) is 3.53. The van der Waals surface area contributed by atoms with Crippen LogP contribution in [0.3, 0.4) is 0 Å². The van der Waals surface area contributed by atoms with E-state index < -0.39 is 0 Å². The molecule has 0 aliphatic heterocycles. The first-order valence-corrected chi connectivity index (χ1v) is 9.13. The molecule has 0 atom stereocenters. The third-order valence-corrected chi connectivity index (χ3v) is 4.87. The van der Waals surface area contributed by atoms with Gasteiger partial charge in [0, 0.05) is 19.2 Å². The molecule has 1 amide bonds. The number of nitrogens with zero attached hydrogens (tertiary/aromatic N) is 3. The Morgan fingerprint density at radius 1 is 1.12 bits per heavy atom. The van der Waals surface area contributed by atoms with Crippen molar-refractivity contribution >= 4 is 17.7 Å². The van der Waals surface area contributed by atoms with E-state index in [9.17, 15) is 4.79 Å². The molecule has 0 unspecified atom stereocenters. The van der Waals surface area contributed by atoms with Crippen molar-refractivity contribution in [1.82, 2.24) is 20.1 Å². The van der Waals surface area contributed by atoms with Crippen molar-refractivity contribution < 1.29 is 9.53 Å². The first-order chi connectivity index (χ1) is 12.7. The fraction of sp³-hybridized carbons (Fsp3) is 0.211. The molecule has 0 saturated heterocycles. The van der Waals surface area contributed by atoms with Gasteiger partial charge in [0.2, 0.25) is 5.91 Å². The van der Waals surface area contributed by atoms with Crippen molar-refractivity contribution in [3.8, 4) is 17.1 Å². The monoisotopic (exact) mass is 368 g/mol. The van der Waals surface area contributed by atoms with Gasteiger partial charge >= 0.3 is 0 Å². The smallest absolute Gasteiger partial charge is 0.230 e. The normalized spacial score (nSPS) is 10.5. The van der Waals surface area contributed by atoms with Crippen LogP contribution in [0.4, 0.5) is 0 Å². The maximum absolute atomic E-state index is 12.0. The number of methoxy groups -OCH3 is 1. The lowest BCUT2D eigenvalue weighted by Gasteiger charge is -2.06. The Labute approximate surface area is 156 Å². The standard InChI is InChI=1S/C19H20N4O2S/c1-23-18(15-8-10-16(25-2)11-9-15)21-22-19(23)26-13-17(24)20-12-14-6-4-3-5-7-14/h3-11H,12-13H2,1-2H3,(H,20,24). The summed E-state index contributed by atoms with van der Waals surface area (Å²) in [6.45, 7) is 0.524. The zero-order valence-electron chi connectivity index (χ0n) is 14.7. The summed E-state index contributed by atoms with van der Waals surface area (Å²) < 4.78 is 7.05. The molecule has 0 aliphatic carbocycles. The van der Waals surface area contributed by atoms with Gasteiger partial charge in [-0.1, -0.05) is 42.1 Å². The van der Waals surface area contributed by atoms with Crippen LogP contribution in [0.2, 0.25) is 0 Å². The molecule has 0 spiro atoms. The molecule has 1 aromatic heterocycles. The number of carbonyl (C=O) groups excluding carboxylic acids is 1. The number of nitrogens with one attached hydrogen (secondary N) is 1. The van der Waals surface area contributed by atoms with Crippen LogP contribution in [0.5, 0.6) is 5.75 Å². The molecule has 1 heterocycles. The van der Waals surface area contributed by atoms with E-state index in [1.807, 2.05) is 66.2 Å². The van der Waals surface area contributed by atoms with Gasteiger partial charge in [-0.25, -0.2) is 0 Å². The summed E-state index contributed by atoms with van der Waals surface area (Å²) in [5.74, 6) is 1.80. The van der Waals surface area contributed by atoms with Gasteiger partial charge in [0.25, 0.3) is 0 Å². The Kier molecular flexibility index (Phi) is 5.91. The van der Waals surface area contributed by atoms with Crippen molar-refractivity contribution in [2.75, 3.05) is 12.9 Å². The maximum Gasteiger partial charge on any atom is 0.230 e. The quantitative estimate of drug-likeness (QED) is 0.650. The molecule has 3 aromatic rings. The zero-order chi connectivity index (χ0) is 18.4. The van der Waals surface area contributed by atoms with Gasteiger partial charge in [0.05, 0.1) is 12.9 Å². The summed E-state index contributed by atoms with van der Waals surface area (Å²) in [6, 6.07) is 17.5. The molecule has 0 radical (unpaired) electrons. The van der Waals surface area contributed by atoms with E-state index in [4.69, 9.17) is 4.74 Å². The zero-order valence-corrected chi connectivity index (χ0v) is 15.5. The number of hydrogen-bond donors (Lipinski definition) is 1. The fourth-order valence-corrected chi connectivity index (χ4v) is 3.15. The second kappa shape index (κ2) is 8.53. The van der Waals surface area contributed by atoms with E-state index in [1.165, 1.54) is 11.8 Å². The first kappa shape index (κ1) is 18.0. The average Bonchev–Trinajstić information content (AvgIpc) is 3.06. The van der Waals surface area contributed by atoms with Crippen molar-refractivity contribution in [1.29, 1.82) is 0 Å². The Morgan fingerprint density at radius 2 is 1.85 bits per heavy atom. The first-order valence-electron chi connectivity index (χ1n) is 8.14. The Balaban J connectivity index is 1.57. The lowest BCUT2D eigenvalue weighted by molar-refractivity contribution is -0.118. The Hall–Kier alpha value is -2.80. The number of ether oxygens (including phenoxy) is 1. The van der Waals surface area contributed by atoms with E-state index in [-0.39, 0.29) is 5.91 Å². The lowest BCUT2D eigenvalue weighted by atomic mass is 10.2. The summed E-state index contributed by atoms with van der Waals surface area (Å²) in [5.41, 5.74) is 2.02. The molecule has 6 nitrogen and oxygen atoms in total. The second-order valence-corrected chi connectivity index (χ2v) is 6.59. The van der Waals surface area contributed by atoms with Crippen LogP contribution in [0, 0.1) is 0 Å². The van der Waals surface area contributed by atoms with Crippen molar-refractivity contribution in [2.24, 2.45) is 7.05 Å². The van der Waals surface area contributed by atoms with E-state index in [2.05, 4.69) is 15.5 Å². The molecular weight excluding hydrogens is 348 g/mol. The summed E-state index contributed by atoms with van der Waals surface area (Å²) in [4.78, 5) is 12.0. The Morgan fingerprint density at radius 3 is 2.54 bits per heavy atom. The van der Waals surface area contributed by atoms with Crippen LogP contribution in [0.25, 0.3) is 11.4 Å². The number of amides is 1. The highest BCUT2D eigenvalue weighted by Crippen LogP contribution is 2.24. The fourth-order valence-electron chi connectivity index (χ4n) is 2.41. The van der Waals surface area contributed by atoms with Crippen LogP contribution in [0.15, 0.2) is 59.8 Å². The number of aromatic nitrogens is 3. The van der Waals surface area contributed by atoms with Gasteiger partial charge in [0.1, 0.15) is 5.75 Å². The number of rotatable bonds is 7. The minimum Gasteiger partial charge on any atom is -0.497 e. The molecule has 1 N–H and O–H groups in total. The van der Waals surface area contributed by atoms with Crippen molar-refractivity contribution in [3.05, 3.63) is 60.2 Å². The van der Waals surface area contributed by atoms with Gasteiger partial charge in [0.15, 0.2) is 11.0 Å². The van der Waals surface area contributed by atoms with Gasteiger partial charge in [-0.2, -0.15) is 0 Å². The number of hydrogen-bond acceptors (Lipinski definition) is 5. The SMILES string of the molecule is COc1ccc(-c2nnc(SCC(=O)NCc3ccccc3)n2C)cc1. The molecule has 2 aromatic carbocycles. The van der Waals surface area contributed by atoms with E-state index in [0.717, 1.165) is 22.7 Å². The van der Waals surface area contributed by atoms with E-state index in [0.29, 0.717) is 17.5 Å². The molecule has 7 heteroatoms. The molecule has 26 heavy (non-hydrogen) atoms. The second-order valence-electron chi connectivity index (χ2n) is 5.64. The predicted octanol–water partition coefficient (Wildman–Crippen LogP) is 2.90. The topological polar surface area (TPSA) is 69.0 Å². The van der Waals surface area contributed by atoms with Gasteiger partial charge in [-0.3, -0.25) is 4.79 Å². The predicted molar refractivity (Wildman–Crippen MR) is 102 cm³/mol. The van der Waals surface area contributed by atoms with Crippen LogP contribution < -0.4 is 10.1 Å². The minimum absolute atomic E-state index is 0.0344. The van der Waals surface area contributed by atoms with Gasteiger partial charge in [-0.15, -0.1) is 10.2 Å². The maximum atomic E-state index is 12.0. The third kappa shape index (κ3) is 4.43. The van der Waals surface area contributed by atoms with Crippen molar-refractivity contribution in [2.45, 2.75) is 11.7 Å². The molecule has 0 fully saturated rings. The Bertz CT molecular complexity index is 863. The number of benzene rings is 2. The molecule has 134 valence electrons. The summed E-state index contributed by atoms with van der Waals surface area (Å²) in [5, 5.41) is 12.0. The largest absolute Gasteiger partial charge is 0.497 e. The van der Waals surface area contributed by atoms with Crippen LogP contribution in [0.1, 0.15) is 5.56 Å². The van der Waals surface area contributed by atoms with Gasteiger partial charge < -0.3 is 14.6 Å².